The lowest BCUT2D eigenvalue weighted by Crippen LogP contribution is -2.36. The molecule has 0 saturated heterocycles. The Morgan fingerprint density at radius 1 is 1.35 bits per heavy atom. The SMILES string of the molecule is C=C(C)C(=C)OC1(C)CC2CCC1C2COC. The molecule has 0 heterocycles. The molecule has 0 aromatic heterocycles. The van der Waals surface area contributed by atoms with Gasteiger partial charge in [0, 0.05) is 19.6 Å². The maximum atomic E-state index is 6.12. The van der Waals surface area contributed by atoms with E-state index in [1.807, 2.05) is 6.92 Å². The molecule has 4 unspecified atom stereocenters. The summed E-state index contributed by atoms with van der Waals surface area (Å²) in [5.74, 6) is 2.80. The molecule has 2 aliphatic carbocycles. The minimum absolute atomic E-state index is 0.0534. The van der Waals surface area contributed by atoms with Crippen molar-refractivity contribution in [1.82, 2.24) is 0 Å². The standard InChI is InChI=1S/C15H24O2/c1-10(2)11(3)17-15(4)8-12-6-7-14(15)13(12)9-16-5/h12-14H,1,3,6-9H2,2,4-5H3. The molecule has 2 rings (SSSR count). The Hall–Kier alpha value is -0.760. The van der Waals surface area contributed by atoms with Crippen molar-refractivity contribution in [3.05, 3.63) is 24.5 Å². The van der Waals surface area contributed by atoms with Crippen molar-refractivity contribution in [2.45, 2.75) is 38.7 Å². The maximum Gasteiger partial charge on any atom is 0.115 e. The summed E-state index contributed by atoms with van der Waals surface area (Å²) >= 11 is 0. The van der Waals surface area contributed by atoms with Gasteiger partial charge in [-0.2, -0.15) is 0 Å². The lowest BCUT2D eigenvalue weighted by atomic mass is 9.84. The summed E-state index contributed by atoms with van der Waals surface area (Å²) in [5, 5.41) is 0. The van der Waals surface area contributed by atoms with Crippen molar-refractivity contribution in [1.29, 1.82) is 0 Å². The average molecular weight is 236 g/mol. The quantitative estimate of drug-likeness (QED) is 0.537. The van der Waals surface area contributed by atoms with Crippen LogP contribution < -0.4 is 0 Å². The zero-order valence-corrected chi connectivity index (χ0v) is 11.3. The Labute approximate surface area is 105 Å². The van der Waals surface area contributed by atoms with Gasteiger partial charge in [0.1, 0.15) is 11.4 Å². The summed E-state index contributed by atoms with van der Waals surface area (Å²) < 4.78 is 11.5. The van der Waals surface area contributed by atoms with Crippen molar-refractivity contribution in [3.63, 3.8) is 0 Å². The normalized spacial score (nSPS) is 39.4. The van der Waals surface area contributed by atoms with Gasteiger partial charge < -0.3 is 9.47 Å². The first-order chi connectivity index (χ1) is 7.98. The van der Waals surface area contributed by atoms with Gasteiger partial charge in [-0.3, -0.25) is 0 Å². The predicted octanol–water partition coefficient (Wildman–Crippen LogP) is 3.54. The van der Waals surface area contributed by atoms with E-state index in [9.17, 15) is 0 Å². The number of fused-ring (bicyclic) bond motifs is 2. The van der Waals surface area contributed by atoms with Crippen LogP contribution in [-0.4, -0.2) is 19.3 Å². The third kappa shape index (κ3) is 2.15. The zero-order valence-electron chi connectivity index (χ0n) is 11.3. The monoisotopic (exact) mass is 236 g/mol. The summed E-state index contributed by atoms with van der Waals surface area (Å²) in [5.41, 5.74) is 0.875. The zero-order chi connectivity index (χ0) is 12.6. The van der Waals surface area contributed by atoms with Crippen molar-refractivity contribution < 1.29 is 9.47 Å². The topological polar surface area (TPSA) is 18.5 Å². The van der Waals surface area contributed by atoms with Crippen LogP contribution in [0.2, 0.25) is 0 Å². The minimum Gasteiger partial charge on any atom is -0.488 e. The summed E-state index contributed by atoms with van der Waals surface area (Å²) in [6.45, 7) is 12.9. The van der Waals surface area contributed by atoms with Crippen LogP contribution in [0.15, 0.2) is 24.5 Å². The molecule has 4 atom stereocenters. The summed E-state index contributed by atoms with van der Waals surface area (Å²) in [4.78, 5) is 0. The van der Waals surface area contributed by atoms with Gasteiger partial charge in [-0.15, -0.1) is 0 Å². The van der Waals surface area contributed by atoms with Crippen LogP contribution in [0.5, 0.6) is 0 Å². The molecule has 0 amide bonds. The first-order valence-corrected chi connectivity index (χ1v) is 6.50. The second kappa shape index (κ2) is 4.49. The van der Waals surface area contributed by atoms with E-state index in [-0.39, 0.29) is 5.60 Å². The Balaban J connectivity index is 2.08. The first kappa shape index (κ1) is 12.7. The average Bonchev–Trinajstić information content (AvgIpc) is 2.72. The van der Waals surface area contributed by atoms with E-state index in [4.69, 9.17) is 9.47 Å². The van der Waals surface area contributed by atoms with E-state index in [2.05, 4.69) is 20.1 Å². The second-order valence-corrected chi connectivity index (χ2v) is 5.89. The molecule has 0 spiro atoms. The highest BCUT2D eigenvalue weighted by Gasteiger charge is 2.56. The third-order valence-corrected chi connectivity index (χ3v) is 4.61. The molecule has 96 valence electrons. The van der Waals surface area contributed by atoms with E-state index < -0.39 is 0 Å². The largest absolute Gasteiger partial charge is 0.488 e. The number of hydrogen-bond acceptors (Lipinski definition) is 2. The number of ether oxygens (including phenoxy) is 2. The second-order valence-electron chi connectivity index (χ2n) is 5.89. The molecule has 0 aliphatic heterocycles. The van der Waals surface area contributed by atoms with E-state index in [0.29, 0.717) is 11.8 Å². The lowest BCUT2D eigenvalue weighted by molar-refractivity contribution is -0.0317. The highest BCUT2D eigenvalue weighted by atomic mass is 16.5. The fourth-order valence-electron chi connectivity index (χ4n) is 3.76. The highest BCUT2D eigenvalue weighted by molar-refractivity contribution is 5.18. The van der Waals surface area contributed by atoms with Gasteiger partial charge in [-0.25, -0.2) is 0 Å². The van der Waals surface area contributed by atoms with Crippen molar-refractivity contribution in [3.8, 4) is 0 Å². The number of methoxy groups -OCH3 is 1. The van der Waals surface area contributed by atoms with Crippen LogP contribution in [0.1, 0.15) is 33.1 Å². The van der Waals surface area contributed by atoms with E-state index in [1.54, 1.807) is 7.11 Å². The van der Waals surface area contributed by atoms with Crippen LogP contribution in [0.4, 0.5) is 0 Å². The van der Waals surface area contributed by atoms with E-state index in [1.165, 1.54) is 12.8 Å². The predicted molar refractivity (Wildman–Crippen MR) is 69.6 cm³/mol. The molecule has 0 aromatic carbocycles. The van der Waals surface area contributed by atoms with Gasteiger partial charge >= 0.3 is 0 Å². The van der Waals surface area contributed by atoms with Crippen molar-refractivity contribution in [2.75, 3.05) is 13.7 Å². The van der Waals surface area contributed by atoms with Crippen LogP contribution in [0.25, 0.3) is 0 Å². The fraction of sp³-hybridized carbons (Fsp3) is 0.733. The van der Waals surface area contributed by atoms with Gasteiger partial charge in [-0.1, -0.05) is 13.2 Å². The molecule has 0 N–H and O–H groups in total. The maximum absolute atomic E-state index is 6.12. The Morgan fingerprint density at radius 2 is 2.06 bits per heavy atom. The molecule has 17 heavy (non-hydrogen) atoms. The van der Waals surface area contributed by atoms with Crippen molar-refractivity contribution in [2.24, 2.45) is 17.8 Å². The molecular formula is C15H24O2. The number of allylic oxidation sites excluding steroid dienone is 1. The molecule has 0 radical (unpaired) electrons. The molecule has 2 fully saturated rings. The Kier molecular flexibility index (Phi) is 3.35. The summed E-state index contributed by atoms with van der Waals surface area (Å²) in [6, 6.07) is 0. The van der Waals surface area contributed by atoms with E-state index >= 15 is 0 Å². The molecule has 2 nitrogen and oxygen atoms in total. The molecular weight excluding hydrogens is 212 g/mol. The van der Waals surface area contributed by atoms with Crippen molar-refractivity contribution >= 4 is 0 Å². The van der Waals surface area contributed by atoms with Crippen LogP contribution in [-0.2, 0) is 9.47 Å². The van der Waals surface area contributed by atoms with Crippen LogP contribution in [0, 0.1) is 17.8 Å². The summed E-state index contributed by atoms with van der Waals surface area (Å²) in [7, 11) is 1.79. The Morgan fingerprint density at radius 3 is 2.65 bits per heavy atom. The molecule has 2 aliphatic rings. The van der Waals surface area contributed by atoms with Gasteiger partial charge in [0.05, 0.1) is 0 Å². The molecule has 2 bridgehead atoms. The van der Waals surface area contributed by atoms with Crippen LogP contribution >= 0.6 is 0 Å². The number of rotatable bonds is 5. The Bertz CT molecular complexity index is 334. The molecule has 2 saturated carbocycles. The smallest absolute Gasteiger partial charge is 0.115 e. The van der Waals surface area contributed by atoms with Crippen LogP contribution in [0.3, 0.4) is 0 Å². The van der Waals surface area contributed by atoms with E-state index in [0.717, 1.165) is 30.3 Å². The summed E-state index contributed by atoms with van der Waals surface area (Å²) in [6.07, 6.45) is 3.73. The third-order valence-electron chi connectivity index (χ3n) is 4.61. The molecule has 2 heteroatoms. The minimum atomic E-state index is -0.0534. The van der Waals surface area contributed by atoms with Gasteiger partial charge in [0.15, 0.2) is 0 Å². The first-order valence-electron chi connectivity index (χ1n) is 6.50. The van der Waals surface area contributed by atoms with Gasteiger partial charge in [0.2, 0.25) is 0 Å². The van der Waals surface area contributed by atoms with Gasteiger partial charge in [0.25, 0.3) is 0 Å². The lowest BCUT2D eigenvalue weighted by Gasteiger charge is -2.36. The fourth-order valence-corrected chi connectivity index (χ4v) is 3.76. The van der Waals surface area contributed by atoms with Gasteiger partial charge in [-0.05, 0) is 50.5 Å². The highest BCUT2D eigenvalue weighted by Crippen LogP contribution is 2.56. The molecule has 0 aromatic rings. The number of hydrogen-bond donors (Lipinski definition) is 0.